The largest absolute Gasteiger partial charge is 0.504 e. The highest BCUT2D eigenvalue weighted by Crippen LogP contribution is 2.47. The average Bonchev–Trinajstić information content (AvgIpc) is 3.06. The molecule has 4 aromatic rings. The number of halogens is 1. The van der Waals surface area contributed by atoms with Crippen molar-refractivity contribution in [3.8, 4) is 21.9 Å². The number of nitrogens with zero attached hydrogens (tertiary/aromatic N) is 3. The Bertz CT molecular complexity index is 1190. The number of anilines is 1. The van der Waals surface area contributed by atoms with Crippen LogP contribution in [0, 0.1) is 0 Å². The van der Waals surface area contributed by atoms with Gasteiger partial charge in [-0.3, -0.25) is 5.43 Å². The molecule has 6 nitrogen and oxygen atoms in total. The van der Waals surface area contributed by atoms with Crippen LogP contribution in [0.4, 0.5) is 5.82 Å². The van der Waals surface area contributed by atoms with Crippen LogP contribution in [0.15, 0.2) is 64.4 Å². The molecule has 2 heterocycles. The second-order valence-electron chi connectivity index (χ2n) is 6.03. The minimum Gasteiger partial charge on any atom is -0.504 e. The fourth-order valence-electron chi connectivity index (χ4n) is 2.85. The third kappa shape index (κ3) is 4.08. The summed E-state index contributed by atoms with van der Waals surface area (Å²) in [6.07, 6.45) is 3.11. The van der Waals surface area contributed by atoms with E-state index in [0.717, 1.165) is 20.3 Å². The van der Waals surface area contributed by atoms with Gasteiger partial charge in [-0.25, -0.2) is 9.97 Å². The highest BCUT2D eigenvalue weighted by Gasteiger charge is 2.19. The number of hydrogen-bond donors (Lipinski definition) is 2. The molecule has 0 aliphatic heterocycles. The zero-order valence-electron chi connectivity index (χ0n) is 15.5. The van der Waals surface area contributed by atoms with Gasteiger partial charge in [-0.15, -0.1) is 11.3 Å². The molecule has 29 heavy (non-hydrogen) atoms. The summed E-state index contributed by atoms with van der Waals surface area (Å²) in [5.41, 5.74) is 5.20. The normalized spacial score (nSPS) is 11.2. The lowest BCUT2D eigenvalue weighted by Gasteiger charge is -2.08. The third-order valence-electron chi connectivity index (χ3n) is 4.11. The van der Waals surface area contributed by atoms with Crippen LogP contribution >= 0.6 is 27.3 Å². The first-order valence-corrected chi connectivity index (χ1v) is 10.5. The molecule has 2 aromatic carbocycles. The highest BCUT2D eigenvalue weighted by molar-refractivity contribution is 9.10. The lowest BCUT2D eigenvalue weighted by molar-refractivity contribution is 0.341. The lowest BCUT2D eigenvalue weighted by Crippen LogP contribution is -1.94. The number of para-hydroxylation sites is 1. The van der Waals surface area contributed by atoms with Gasteiger partial charge in [0.1, 0.15) is 22.3 Å². The Morgan fingerprint density at radius 3 is 2.90 bits per heavy atom. The maximum atomic E-state index is 10.8. The molecule has 4 rings (SSSR count). The number of hydrazone groups is 1. The van der Waals surface area contributed by atoms with Gasteiger partial charge in [0.2, 0.25) is 0 Å². The molecule has 2 aromatic heterocycles. The van der Waals surface area contributed by atoms with Gasteiger partial charge in [0, 0.05) is 10.0 Å². The number of ether oxygens (including phenoxy) is 1. The van der Waals surface area contributed by atoms with Crippen LogP contribution in [-0.4, -0.2) is 27.9 Å². The Hall–Kier alpha value is -2.97. The molecule has 0 spiro atoms. The summed E-state index contributed by atoms with van der Waals surface area (Å²) in [7, 11) is 0. The van der Waals surface area contributed by atoms with Gasteiger partial charge >= 0.3 is 0 Å². The second kappa shape index (κ2) is 8.59. The minimum atomic E-state index is 0.110. The zero-order valence-corrected chi connectivity index (χ0v) is 17.9. The Morgan fingerprint density at radius 1 is 1.21 bits per heavy atom. The van der Waals surface area contributed by atoms with E-state index < -0.39 is 0 Å². The van der Waals surface area contributed by atoms with E-state index in [9.17, 15) is 5.11 Å². The van der Waals surface area contributed by atoms with Gasteiger partial charge in [0.25, 0.3) is 0 Å². The lowest BCUT2D eigenvalue weighted by atomic mass is 10.1. The standard InChI is InChI=1S/C21H17BrN4O2S/c1-2-28-16-9-4-3-8-15(16)19-18(27)17-20(29-19)21(24-12-23-17)26-25-11-13-6-5-7-14(22)10-13/h3-12,27H,2H2,1H3,(H,23,24,26)/b25-11+. The molecular weight excluding hydrogens is 452 g/mol. The summed E-state index contributed by atoms with van der Waals surface area (Å²) in [6, 6.07) is 15.4. The Kier molecular flexibility index (Phi) is 5.73. The first-order valence-electron chi connectivity index (χ1n) is 8.90. The zero-order chi connectivity index (χ0) is 20.2. The van der Waals surface area contributed by atoms with E-state index in [-0.39, 0.29) is 5.75 Å². The van der Waals surface area contributed by atoms with Gasteiger partial charge in [-0.05, 0) is 36.8 Å². The number of rotatable bonds is 6. The molecular formula is C21H17BrN4O2S. The smallest absolute Gasteiger partial charge is 0.167 e. The van der Waals surface area contributed by atoms with E-state index in [1.54, 1.807) is 6.21 Å². The van der Waals surface area contributed by atoms with E-state index in [2.05, 4.69) is 36.4 Å². The number of aromatic nitrogens is 2. The fourth-order valence-corrected chi connectivity index (χ4v) is 4.38. The van der Waals surface area contributed by atoms with Crippen LogP contribution in [0.1, 0.15) is 12.5 Å². The predicted octanol–water partition coefficient (Wildman–Crippen LogP) is 5.67. The first-order chi connectivity index (χ1) is 14.2. The molecule has 146 valence electrons. The van der Waals surface area contributed by atoms with Crippen LogP contribution in [0.3, 0.4) is 0 Å². The first kappa shape index (κ1) is 19.4. The molecule has 0 atom stereocenters. The Labute approximate surface area is 180 Å². The van der Waals surface area contributed by atoms with Crippen LogP contribution in [0.2, 0.25) is 0 Å². The topological polar surface area (TPSA) is 79.6 Å². The molecule has 0 saturated carbocycles. The van der Waals surface area contributed by atoms with Gasteiger partial charge < -0.3 is 9.84 Å². The minimum absolute atomic E-state index is 0.110. The van der Waals surface area contributed by atoms with Crippen LogP contribution in [0.25, 0.3) is 20.7 Å². The average molecular weight is 469 g/mol. The quantitative estimate of drug-likeness (QED) is 0.281. The van der Waals surface area contributed by atoms with Crippen molar-refractivity contribution >= 4 is 49.5 Å². The predicted molar refractivity (Wildman–Crippen MR) is 121 cm³/mol. The van der Waals surface area contributed by atoms with Crippen molar-refractivity contribution < 1.29 is 9.84 Å². The van der Waals surface area contributed by atoms with Crippen molar-refractivity contribution in [2.75, 3.05) is 12.0 Å². The Balaban J connectivity index is 1.70. The fraction of sp³-hybridized carbons (Fsp3) is 0.0952. The molecule has 8 heteroatoms. The number of hydrogen-bond acceptors (Lipinski definition) is 7. The number of aromatic hydroxyl groups is 1. The van der Waals surface area contributed by atoms with Gasteiger partial charge in [0.15, 0.2) is 11.6 Å². The molecule has 0 saturated heterocycles. The molecule has 0 bridgehead atoms. The molecule has 2 N–H and O–H groups in total. The molecule has 0 radical (unpaired) electrons. The van der Waals surface area contributed by atoms with E-state index >= 15 is 0 Å². The Morgan fingerprint density at radius 2 is 2.07 bits per heavy atom. The van der Waals surface area contributed by atoms with Crippen molar-refractivity contribution in [1.29, 1.82) is 0 Å². The summed E-state index contributed by atoms with van der Waals surface area (Å²) in [5.74, 6) is 1.35. The van der Waals surface area contributed by atoms with E-state index in [4.69, 9.17) is 4.74 Å². The monoisotopic (exact) mass is 468 g/mol. The third-order valence-corrected chi connectivity index (χ3v) is 5.81. The van der Waals surface area contributed by atoms with E-state index in [1.807, 2.05) is 55.5 Å². The summed E-state index contributed by atoms with van der Waals surface area (Å²) < 4.78 is 7.41. The van der Waals surface area contributed by atoms with Gasteiger partial charge in [-0.1, -0.05) is 40.2 Å². The maximum absolute atomic E-state index is 10.8. The van der Waals surface area contributed by atoms with Crippen molar-refractivity contribution in [3.63, 3.8) is 0 Å². The molecule has 0 unspecified atom stereocenters. The molecule has 0 aliphatic carbocycles. The van der Waals surface area contributed by atoms with E-state index in [0.29, 0.717) is 28.6 Å². The maximum Gasteiger partial charge on any atom is 0.167 e. The summed E-state index contributed by atoms with van der Waals surface area (Å²) in [5, 5.41) is 15.1. The van der Waals surface area contributed by atoms with Crippen molar-refractivity contribution in [2.45, 2.75) is 6.92 Å². The summed E-state index contributed by atoms with van der Waals surface area (Å²) in [4.78, 5) is 9.22. The number of benzene rings is 2. The van der Waals surface area contributed by atoms with Gasteiger partial charge in [0.05, 0.1) is 17.7 Å². The highest BCUT2D eigenvalue weighted by atomic mass is 79.9. The number of thiophene rings is 1. The van der Waals surface area contributed by atoms with Gasteiger partial charge in [-0.2, -0.15) is 5.10 Å². The van der Waals surface area contributed by atoms with Crippen molar-refractivity contribution in [2.24, 2.45) is 5.10 Å². The van der Waals surface area contributed by atoms with Crippen molar-refractivity contribution in [3.05, 3.63) is 64.9 Å². The van der Waals surface area contributed by atoms with Crippen LogP contribution < -0.4 is 10.2 Å². The number of fused-ring (bicyclic) bond motifs is 1. The molecule has 0 fully saturated rings. The van der Waals surface area contributed by atoms with Crippen molar-refractivity contribution in [1.82, 2.24) is 9.97 Å². The number of nitrogens with one attached hydrogen (secondary N) is 1. The SMILES string of the molecule is CCOc1ccccc1-c1sc2c(N/N=C/c3cccc(Br)c3)ncnc2c1O. The van der Waals surface area contributed by atoms with Crippen LogP contribution in [-0.2, 0) is 0 Å². The molecule has 0 amide bonds. The summed E-state index contributed by atoms with van der Waals surface area (Å²) >= 11 is 4.84. The van der Waals surface area contributed by atoms with E-state index in [1.165, 1.54) is 17.7 Å². The van der Waals surface area contributed by atoms with Crippen LogP contribution in [0.5, 0.6) is 11.5 Å². The molecule has 0 aliphatic rings. The second-order valence-corrected chi connectivity index (χ2v) is 7.97. The summed E-state index contributed by atoms with van der Waals surface area (Å²) in [6.45, 7) is 2.47.